The summed E-state index contributed by atoms with van der Waals surface area (Å²) in [5.74, 6) is 0.0229. The normalized spacial score (nSPS) is 12.7. The van der Waals surface area contributed by atoms with E-state index in [1.807, 2.05) is 39.1 Å². The first-order chi connectivity index (χ1) is 9.45. The van der Waals surface area contributed by atoms with Crippen LogP contribution in [0, 0.1) is 13.8 Å². The SMILES string of the molecule is COCC(C)N(C)C(=O)c1ccc2[nH]c(C)c(C)c2c1. The zero-order chi connectivity index (χ0) is 14.9. The molecule has 0 bridgehead atoms. The van der Waals surface area contributed by atoms with Crippen molar-refractivity contribution in [1.82, 2.24) is 9.88 Å². The summed E-state index contributed by atoms with van der Waals surface area (Å²) >= 11 is 0. The topological polar surface area (TPSA) is 45.3 Å². The molecule has 1 aromatic heterocycles. The van der Waals surface area contributed by atoms with E-state index < -0.39 is 0 Å². The third-order valence-electron chi connectivity index (χ3n) is 3.94. The number of hydrogen-bond acceptors (Lipinski definition) is 2. The number of likely N-dealkylation sites (N-methyl/N-ethyl adjacent to an activating group) is 1. The molecular weight excluding hydrogens is 252 g/mol. The number of rotatable bonds is 4. The van der Waals surface area contributed by atoms with Gasteiger partial charge in [-0.05, 0) is 44.5 Å². The van der Waals surface area contributed by atoms with Crippen molar-refractivity contribution in [2.75, 3.05) is 20.8 Å². The number of aromatic amines is 1. The van der Waals surface area contributed by atoms with Crippen molar-refractivity contribution in [1.29, 1.82) is 0 Å². The Kier molecular flexibility index (Phi) is 4.14. The fourth-order valence-corrected chi connectivity index (χ4v) is 2.35. The monoisotopic (exact) mass is 274 g/mol. The van der Waals surface area contributed by atoms with Crippen molar-refractivity contribution in [3.8, 4) is 0 Å². The van der Waals surface area contributed by atoms with Crippen molar-refractivity contribution < 1.29 is 9.53 Å². The summed E-state index contributed by atoms with van der Waals surface area (Å²) in [4.78, 5) is 17.5. The minimum atomic E-state index is 0.0229. The van der Waals surface area contributed by atoms with Crippen LogP contribution >= 0.6 is 0 Å². The van der Waals surface area contributed by atoms with Crippen molar-refractivity contribution in [3.63, 3.8) is 0 Å². The first kappa shape index (κ1) is 14.6. The summed E-state index contributed by atoms with van der Waals surface area (Å²) in [6, 6.07) is 5.86. The summed E-state index contributed by atoms with van der Waals surface area (Å²) in [6.07, 6.45) is 0. The lowest BCUT2D eigenvalue weighted by atomic mass is 10.1. The number of nitrogens with zero attached hydrogens (tertiary/aromatic N) is 1. The molecule has 0 saturated heterocycles. The summed E-state index contributed by atoms with van der Waals surface area (Å²) < 4.78 is 5.10. The van der Waals surface area contributed by atoms with Gasteiger partial charge < -0.3 is 14.6 Å². The smallest absolute Gasteiger partial charge is 0.253 e. The molecule has 0 spiro atoms. The molecular formula is C16H22N2O2. The molecule has 2 aromatic rings. The van der Waals surface area contributed by atoms with Gasteiger partial charge in [-0.25, -0.2) is 0 Å². The molecule has 0 saturated carbocycles. The van der Waals surface area contributed by atoms with Gasteiger partial charge in [0.1, 0.15) is 0 Å². The third-order valence-corrected chi connectivity index (χ3v) is 3.94. The largest absolute Gasteiger partial charge is 0.383 e. The molecule has 2 rings (SSSR count). The lowest BCUT2D eigenvalue weighted by Gasteiger charge is -2.24. The Bertz CT molecular complexity index is 631. The number of benzene rings is 1. The highest BCUT2D eigenvalue weighted by atomic mass is 16.5. The van der Waals surface area contributed by atoms with Gasteiger partial charge in [0.2, 0.25) is 0 Å². The summed E-state index contributed by atoms with van der Waals surface area (Å²) in [6.45, 7) is 6.63. The molecule has 20 heavy (non-hydrogen) atoms. The van der Waals surface area contributed by atoms with Crippen LogP contribution in [0.15, 0.2) is 18.2 Å². The predicted molar refractivity (Wildman–Crippen MR) is 81.2 cm³/mol. The molecule has 1 amide bonds. The van der Waals surface area contributed by atoms with Gasteiger partial charge in [0.15, 0.2) is 0 Å². The van der Waals surface area contributed by atoms with E-state index in [1.54, 1.807) is 12.0 Å². The molecule has 4 heteroatoms. The zero-order valence-electron chi connectivity index (χ0n) is 12.8. The summed E-state index contributed by atoms with van der Waals surface area (Å²) in [7, 11) is 3.46. The number of H-pyrrole nitrogens is 1. The quantitative estimate of drug-likeness (QED) is 0.931. The van der Waals surface area contributed by atoms with Crippen molar-refractivity contribution >= 4 is 16.8 Å². The molecule has 1 heterocycles. The van der Waals surface area contributed by atoms with Crippen LogP contribution in [0.4, 0.5) is 0 Å². The molecule has 0 radical (unpaired) electrons. The van der Waals surface area contributed by atoms with Crippen LogP contribution in [0.25, 0.3) is 10.9 Å². The van der Waals surface area contributed by atoms with Crippen LogP contribution < -0.4 is 0 Å². The highest BCUT2D eigenvalue weighted by Gasteiger charge is 2.18. The van der Waals surface area contributed by atoms with E-state index in [-0.39, 0.29) is 11.9 Å². The number of amides is 1. The number of fused-ring (bicyclic) bond motifs is 1. The molecule has 4 nitrogen and oxygen atoms in total. The Morgan fingerprint density at radius 1 is 1.40 bits per heavy atom. The molecule has 1 aromatic carbocycles. The number of carbonyl (C=O) groups excluding carboxylic acids is 1. The number of ether oxygens (including phenoxy) is 1. The Balaban J connectivity index is 2.33. The minimum absolute atomic E-state index is 0.0229. The minimum Gasteiger partial charge on any atom is -0.383 e. The third kappa shape index (κ3) is 2.56. The van der Waals surface area contributed by atoms with Gasteiger partial charge in [-0.15, -0.1) is 0 Å². The molecule has 1 unspecified atom stereocenters. The van der Waals surface area contributed by atoms with Crippen LogP contribution in [0.5, 0.6) is 0 Å². The molecule has 1 N–H and O–H groups in total. The first-order valence-corrected chi connectivity index (χ1v) is 6.80. The van der Waals surface area contributed by atoms with E-state index in [0.717, 1.165) is 16.6 Å². The van der Waals surface area contributed by atoms with Gasteiger partial charge in [-0.2, -0.15) is 0 Å². The number of carbonyl (C=O) groups is 1. The highest BCUT2D eigenvalue weighted by molar-refractivity contribution is 5.99. The van der Waals surface area contributed by atoms with Gasteiger partial charge >= 0.3 is 0 Å². The number of aromatic nitrogens is 1. The molecule has 1 atom stereocenters. The Morgan fingerprint density at radius 2 is 2.10 bits per heavy atom. The zero-order valence-corrected chi connectivity index (χ0v) is 12.8. The number of nitrogens with one attached hydrogen (secondary N) is 1. The average Bonchev–Trinajstić information content (AvgIpc) is 2.72. The number of hydrogen-bond donors (Lipinski definition) is 1. The standard InChI is InChI=1S/C16H22N2O2/c1-10(9-20-5)18(4)16(19)13-6-7-15-14(8-13)11(2)12(3)17-15/h6-8,10,17H,9H2,1-5H3. The molecule has 0 aliphatic rings. The molecule has 0 aliphatic carbocycles. The molecule has 0 fully saturated rings. The fourth-order valence-electron chi connectivity index (χ4n) is 2.35. The van der Waals surface area contributed by atoms with Gasteiger partial charge in [-0.3, -0.25) is 4.79 Å². The predicted octanol–water partition coefficient (Wildman–Crippen LogP) is 2.89. The average molecular weight is 274 g/mol. The second kappa shape index (κ2) is 5.67. The van der Waals surface area contributed by atoms with Gasteiger partial charge in [0, 0.05) is 36.3 Å². The lowest BCUT2D eigenvalue weighted by molar-refractivity contribution is 0.0633. The van der Waals surface area contributed by atoms with Crippen LogP contribution in [-0.2, 0) is 4.74 Å². The Hall–Kier alpha value is -1.81. The van der Waals surface area contributed by atoms with E-state index in [9.17, 15) is 4.79 Å². The van der Waals surface area contributed by atoms with E-state index in [0.29, 0.717) is 12.2 Å². The number of methoxy groups -OCH3 is 1. The van der Waals surface area contributed by atoms with Crippen LogP contribution in [0.1, 0.15) is 28.5 Å². The van der Waals surface area contributed by atoms with E-state index in [4.69, 9.17) is 4.74 Å². The second-order valence-electron chi connectivity index (χ2n) is 5.36. The second-order valence-corrected chi connectivity index (χ2v) is 5.36. The van der Waals surface area contributed by atoms with Gasteiger partial charge in [0.25, 0.3) is 5.91 Å². The van der Waals surface area contributed by atoms with Crippen molar-refractivity contribution in [3.05, 3.63) is 35.0 Å². The molecule has 0 aliphatic heterocycles. The van der Waals surface area contributed by atoms with Crippen LogP contribution in [-0.4, -0.2) is 42.6 Å². The summed E-state index contributed by atoms with van der Waals surface area (Å²) in [5, 5.41) is 1.11. The van der Waals surface area contributed by atoms with E-state index in [2.05, 4.69) is 11.9 Å². The van der Waals surface area contributed by atoms with Gasteiger partial charge in [0.05, 0.1) is 12.6 Å². The first-order valence-electron chi connectivity index (χ1n) is 6.80. The van der Waals surface area contributed by atoms with E-state index >= 15 is 0 Å². The van der Waals surface area contributed by atoms with Gasteiger partial charge in [-0.1, -0.05) is 0 Å². The van der Waals surface area contributed by atoms with Crippen LogP contribution in [0.2, 0.25) is 0 Å². The number of aryl methyl sites for hydroxylation is 2. The lowest BCUT2D eigenvalue weighted by Crippen LogP contribution is -2.37. The maximum atomic E-state index is 12.5. The maximum Gasteiger partial charge on any atom is 0.253 e. The summed E-state index contributed by atoms with van der Waals surface area (Å²) in [5.41, 5.74) is 4.13. The van der Waals surface area contributed by atoms with E-state index in [1.165, 1.54) is 5.56 Å². The van der Waals surface area contributed by atoms with Crippen molar-refractivity contribution in [2.24, 2.45) is 0 Å². The van der Waals surface area contributed by atoms with Crippen LogP contribution in [0.3, 0.4) is 0 Å². The highest BCUT2D eigenvalue weighted by Crippen LogP contribution is 2.23. The Labute approximate surface area is 119 Å². The Morgan fingerprint density at radius 3 is 2.75 bits per heavy atom. The molecule has 108 valence electrons. The van der Waals surface area contributed by atoms with Crippen molar-refractivity contribution in [2.45, 2.75) is 26.8 Å². The maximum absolute atomic E-state index is 12.5. The fraction of sp³-hybridized carbons (Fsp3) is 0.438.